The summed E-state index contributed by atoms with van der Waals surface area (Å²) in [6.07, 6.45) is 0. The number of nitro groups is 1. The van der Waals surface area contributed by atoms with Crippen molar-refractivity contribution in [3.8, 4) is 0 Å². The molecular formula is C10H9Br2NO3. The number of hydrogen-bond donors (Lipinski definition) is 0. The standard InChI is InChI=1S/C10H9Br2NO3/c1-6(12)10(14)7-2-3-9(13(15)16)8(4-7)5-11/h2-4,6H,5H2,1H3. The molecule has 1 aromatic carbocycles. The Morgan fingerprint density at radius 1 is 1.56 bits per heavy atom. The van der Waals surface area contributed by atoms with Crippen LogP contribution in [-0.2, 0) is 5.33 Å². The Bertz CT molecular complexity index is 432. The third-order valence-corrected chi connectivity index (χ3v) is 3.09. The maximum absolute atomic E-state index is 11.7. The first-order valence-electron chi connectivity index (χ1n) is 4.49. The third kappa shape index (κ3) is 2.89. The van der Waals surface area contributed by atoms with E-state index in [9.17, 15) is 14.9 Å². The minimum Gasteiger partial charge on any atom is -0.293 e. The zero-order valence-electron chi connectivity index (χ0n) is 8.44. The molecule has 0 aliphatic heterocycles. The molecule has 0 aliphatic carbocycles. The van der Waals surface area contributed by atoms with E-state index in [1.165, 1.54) is 12.1 Å². The summed E-state index contributed by atoms with van der Waals surface area (Å²) in [5.74, 6) is -0.0860. The van der Waals surface area contributed by atoms with Crippen molar-refractivity contribution >= 4 is 43.3 Å². The summed E-state index contributed by atoms with van der Waals surface area (Å²) in [7, 11) is 0. The predicted octanol–water partition coefficient (Wildman–Crippen LogP) is 3.46. The van der Waals surface area contributed by atoms with Gasteiger partial charge in [0.1, 0.15) is 0 Å². The van der Waals surface area contributed by atoms with Crippen molar-refractivity contribution in [2.75, 3.05) is 0 Å². The quantitative estimate of drug-likeness (QED) is 0.361. The third-order valence-electron chi connectivity index (χ3n) is 2.07. The van der Waals surface area contributed by atoms with Crippen LogP contribution in [0.25, 0.3) is 0 Å². The minimum atomic E-state index is -0.456. The van der Waals surface area contributed by atoms with Crippen molar-refractivity contribution in [3.63, 3.8) is 0 Å². The first-order valence-corrected chi connectivity index (χ1v) is 6.52. The van der Waals surface area contributed by atoms with Crippen LogP contribution < -0.4 is 0 Å². The van der Waals surface area contributed by atoms with Crippen LogP contribution in [0, 0.1) is 10.1 Å². The van der Waals surface area contributed by atoms with Crippen molar-refractivity contribution in [1.29, 1.82) is 0 Å². The second kappa shape index (κ2) is 5.54. The topological polar surface area (TPSA) is 60.2 Å². The van der Waals surface area contributed by atoms with E-state index >= 15 is 0 Å². The van der Waals surface area contributed by atoms with E-state index in [1.807, 2.05) is 0 Å². The fourth-order valence-corrected chi connectivity index (χ4v) is 1.97. The summed E-state index contributed by atoms with van der Waals surface area (Å²) in [6, 6.07) is 4.39. The Hall–Kier alpha value is -0.750. The predicted molar refractivity (Wildman–Crippen MR) is 68.4 cm³/mol. The van der Waals surface area contributed by atoms with E-state index in [0.29, 0.717) is 16.5 Å². The van der Waals surface area contributed by atoms with Gasteiger partial charge in [0.15, 0.2) is 5.78 Å². The molecule has 16 heavy (non-hydrogen) atoms. The fourth-order valence-electron chi connectivity index (χ4n) is 1.25. The highest BCUT2D eigenvalue weighted by molar-refractivity contribution is 9.10. The first kappa shape index (κ1) is 13.3. The molecule has 0 amide bonds. The number of carbonyl (C=O) groups excluding carboxylic acids is 1. The number of nitro benzene ring substituents is 1. The van der Waals surface area contributed by atoms with Gasteiger partial charge in [-0.05, 0) is 19.1 Å². The number of ketones is 1. The highest BCUT2D eigenvalue weighted by Gasteiger charge is 2.17. The number of alkyl halides is 2. The Morgan fingerprint density at radius 3 is 2.62 bits per heavy atom. The molecule has 1 rings (SSSR count). The lowest BCUT2D eigenvalue weighted by molar-refractivity contribution is -0.385. The Morgan fingerprint density at radius 2 is 2.19 bits per heavy atom. The van der Waals surface area contributed by atoms with Gasteiger partial charge in [-0.1, -0.05) is 31.9 Å². The molecule has 0 radical (unpaired) electrons. The Kier molecular flexibility index (Phi) is 4.61. The summed E-state index contributed by atoms with van der Waals surface area (Å²) in [4.78, 5) is 21.6. The van der Waals surface area contributed by atoms with Gasteiger partial charge in [0, 0.05) is 22.5 Å². The molecule has 86 valence electrons. The number of benzene rings is 1. The van der Waals surface area contributed by atoms with Gasteiger partial charge in [-0.15, -0.1) is 0 Å². The maximum atomic E-state index is 11.7. The van der Waals surface area contributed by atoms with E-state index in [1.54, 1.807) is 13.0 Å². The van der Waals surface area contributed by atoms with Crippen LogP contribution in [0.2, 0.25) is 0 Å². The smallest absolute Gasteiger partial charge is 0.273 e. The number of hydrogen-bond acceptors (Lipinski definition) is 3. The second-order valence-corrected chi connectivity index (χ2v) is 5.15. The van der Waals surface area contributed by atoms with Crippen LogP contribution in [0.5, 0.6) is 0 Å². The van der Waals surface area contributed by atoms with Crippen LogP contribution in [0.4, 0.5) is 5.69 Å². The summed E-state index contributed by atoms with van der Waals surface area (Å²) >= 11 is 6.34. The van der Waals surface area contributed by atoms with E-state index in [4.69, 9.17) is 0 Å². The first-order chi connectivity index (χ1) is 7.47. The minimum absolute atomic E-state index is 0.0238. The van der Waals surface area contributed by atoms with Crippen molar-refractivity contribution in [2.45, 2.75) is 17.1 Å². The summed E-state index contributed by atoms with van der Waals surface area (Å²) in [5, 5.41) is 11.0. The molecule has 1 atom stereocenters. The van der Waals surface area contributed by atoms with Gasteiger partial charge in [-0.3, -0.25) is 14.9 Å². The molecule has 0 bridgehead atoms. The van der Waals surface area contributed by atoms with Crippen molar-refractivity contribution in [3.05, 3.63) is 39.4 Å². The van der Waals surface area contributed by atoms with Gasteiger partial charge < -0.3 is 0 Å². The van der Waals surface area contributed by atoms with Gasteiger partial charge >= 0.3 is 0 Å². The molecule has 0 aromatic heterocycles. The zero-order valence-corrected chi connectivity index (χ0v) is 11.6. The molecule has 0 saturated carbocycles. The van der Waals surface area contributed by atoms with Crippen LogP contribution >= 0.6 is 31.9 Å². The molecule has 0 aliphatic rings. The summed E-state index contributed by atoms with van der Waals surface area (Å²) in [5.41, 5.74) is 1.00. The largest absolute Gasteiger partial charge is 0.293 e. The number of carbonyl (C=O) groups is 1. The molecule has 1 unspecified atom stereocenters. The van der Waals surface area contributed by atoms with Gasteiger partial charge in [-0.2, -0.15) is 0 Å². The average molecular weight is 351 g/mol. The monoisotopic (exact) mass is 349 g/mol. The summed E-state index contributed by atoms with van der Waals surface area (Å²) < 4.78 is 0. The Balaban J connectivity index is 3.19. The number of rotatable bonds is 4. The molecule has 1 aromatic rings. The van der Waals surface area contributed by atoms with Crippen molar-refractivity contribution < 1.29 is 9.72 Å². The lowest BCUT2D eigenvalue weighted by atomic mass is 10.1. The lowest BCUT2D eigenvalue weighted by Crippen LogP contribution is -2.10. The van der Waals surface area contributed by atoms with Gasteiger partial charge in [0.2, 0.25) is 0 Å². The summed E-state index contributed by atoms with van der Waals surface area (Å²) in [6.45, 7) is 1.72. The normalized spacial score (nSPS) is 12.2. The molecule has 0 N–H and O–H groups in total. The van der Waals surface area contributed by atoms with Gasteiger partial charge in [0.05, 0.1) is 9.75 Å². The van der Waals surface area contributed by atoms with E-state index in [-0.39, 0.29) is 16.3 Å². The molecule has 6 heteroatoms. The maximum Gasteiger partial charge on any atom is 0.273 e. The van der Waals surface area contributed by atoms with Crippen molar-refractivity contribution in [2.24, 2.45) is 0 Å². The molecule has 0 spiro atoms. The van der Waals surface area contributed by atoms with E-state index in [2.05, 4.69) is 31.9 Å². The molecule has 0 saturated heterocycles. The van der Waals surface area contributed by atoms with Crippen LogP contribution in [-0.4, -0.2) is 15.5 Å². The van der Waals surface area contributed by atoms with E-state index < -0.39 is 4.92 Å². The fraction of sp³-hybridized carbons (Fsp3) is 0.300. The number of Topliss-reactive ketones (excluding diaryl/α,β-unsaturated/α-hetero) is 1. The lowest BCUT2D eigenvalue weighted by Gasteiger charge is -2.05. The van der Waals surface area contributed by atoms with Crippen LogP contribution in [0.15, 0.2) is 18.2 Å². The van der Waals surface area contributed by atoms with E-state index in [0.717, 1.165) is 0 Å². The molecular weight excluding hydrogens is 342 g/mol. The molecule has 4 nitrogen and oxygen atoms in total. The molecule has 0 fully saturated rings. The van der Waals surface area contributed by atoms with Gasteiger partial charge in [-0.25, -0.2) is 0 Å². The van der Waals surface area contributed by atoms with Crippen LogP contribution in [0.1, 0.15) is 22.8 Å². The highest BCUT2D eigenvalue weighted by atomic mass is 79.9. The average Bonchev–Trinajstić information content (AvgIpc) is 2.26. The SMILES string of the molecule is CC(Br)C(=O)c1ccc([N+](=O)[O-])c(CBr)c1. The van der Waals surface area contributed by atoms with Crippen molar-refractivity contribution in [1.82, 2.24) is 0 Å². The number of halogens is 2. The van der Waals surface area contributed by atoms with Gasteiger partial charge in [0.25, 0.3) is 5.69 Å². The Labute approximate surface area is 109 Å². The number of nitrogens with zero attached hydrogens (tertiary/aromatic N) is 1. The second-order valence-electron chi connectivity index (χ2n) is 3.21. The zero-order chi connectivity index (χ0) is 12.3. The molecule has 0 heterocycles. The van der Waals surface area contributed by atoms with Crippen LogP contribution in [0.3, 0.4) is 0 Å². The highest BCUT2D eigenvalue weighted by Crippen LogP contribution is 2.23.